The minimum absolute atomic E-state index is 0.0446. The van der Waals surface area contributed by atoms with Gasteiger partial charge in [0, 0.05) is 47.8 Å². The van der Waals surface area contributed by atoms with Crippen LogP contribution in [-0.4, -0.2) is 192 Å². The van der Waals surface area contributed by atoms with Crippen molar-refractivity contribution in [2.75, 3.05) is 94.3 Å². The fraction of sp³-hybridized carbons (Fsp3) is 0.760. The SMILES string of the molecule is CC[C@@H](C)C([C@H](CC(=O)N1CCC[C@H]1[C@@H](OC)C(C)C(=O)NC(Cc1ccccc1)C(=O)O)OC)N(C)C(=O)[C@@H](NC(=O)[C@H](C(C)C)N(C)C(=O)CCOCCOCCOCCOCCN)C(C)C. The first-order valence-corrected chi connectivity index (χ1v) is 24.6. The summed E-state index contributed by atoms with van der Waals surface area (Å²) < 4.78 is 33.7. The van der Waals surface area contributed by atoms with Crippen LogP contribution < -0.4 is 16.4 Å². The molecule has 1 saturated heterocycles. The molecule has 394 valence electrons. The number of aliphatic carboxylic acids is 1. The highest BCUT2D eigenvalue weighted by Crippen LogP contribution is 2.30. The Hall–Kier alpha value is -4.24. The highest BCUT2D eigenvalue weighted by Gasteiger charge is 2.44. The number of amides is 5. The number of rotatable bonds is 35. The molecule has 1 aromatic rings. The molecule has 0 radical (unpaired) electrons. The van der Waals surface area contributed by atoms with Crippen molar-refractivity contribution < 1.29 is 62.3 Å². The molecule has 19 heteroatoms. The van der Waals surface area contributed by atoms with Gasteiger partial charge in [-0.15, -0.1) is 0 Å². The van der Waals surface area contributed by atoms with Crippen molar-refractivity contribution in [3.05, 3.63) is 35.9 Å². The lowest BCUT2D eigenvalue weighted by molar-refractivity contribution is -0.149. The number of likely N-dealkylation sites (N-methyl/N-ethyl adjacent to an activating group) is 2. The second-order valence-electron chi connectivity index (χ2n) is 18.6. The van der Waals surface area contributed by atoms with Gasteiger partial charge in [-0.1, -0.05) is 85.2 Å². The van der Waals surface area contributed by atoms with Gasteiger partial charge in [0.1, 0.15) is 18.1 Å². The first-order valence-electron chi connectivity index (χ1n) is 24.6. The van der Waals surface area contributed by atoms with E-state index in [9.17, 15) is 33.9 Å². The normalized spacial score (nSPS) is 17.4. The maximum atomic E-state index is 14.6. The second kappa shape index (κ2) is 32.6. The van der Waals surface area contributed by atoms with Gasteiger partial charge in [0.15, 0.2) is 0 Å². The molecule has 9 atom stereocenters. The summed E-state index contributed by atoms with van der Waals surface area (Å²) in [5.74, 6) is -4.55. The molecule has 5 N–H and O–H groups in total. The summed E-state index contributed by atoms with van der Waals surface area (Å²) in [5.41, 5.74) is 6.15. The molecule has 1 aromatic carbocycles. The predicted molar refractivity (Wildman–Crippen MR) is 261 cm³/mol. The van der Waals surface area contributed by atoms with Crippen LogP contribution in [0.3, 0.4) is 0 Å². The third-order valence-corrected chi connectivity index (χ3v) is 12.9. The molecule has 5 amide bonds. The Morgan fingerprint density at radius 3 is 1.87 bits per heavy atom. The Morgan fingerprint density at radius 1 is 0.783 bits per heavy atom. The Morgan fingerprint density at radius 2 is 1.36 bits per heavy atom. The zero-order valence-corrected chi connectivity index (χ0v) is 43.3. The molecule has 19 nitrogen and oxygen atoms in total. The van der Waals surface area contributed by atoms with Crippen LogP contribution >= 0.6 is 0 Å². The number of benzene rings is 1. The molecule has 69 heavy (non-hydrogen) atoms. The summed E-state index contributed by atoms with van der Waals surface area (Å²) >= 11 is 0. The fourth-order valence-corrected chi connectivity index (χ4v) is 8.89. The van der Waals surface area contributed by atoms with Gasteiger partial charge < -0.3 is 64.6 Å². The highest BCUT2D eigenvalue weighted by molar-refractivity contribution is 5.92. The number of hydrogen-bond acceptors (Lipinski definition) is 13. The molecular weight excluding hydrogens is 893 g/mol. The number of hydrogen-bond donors (Lipinski definition) is 4. The third kappa shape index (κ3) is 19.8. The van der Waals surface area contributed by atoms with E-state index in [-0.39, 0.29) is 68.0 Å². The standard InChI is InChI=1S/C50H86N6O13/c1-12-35(6)45(40(64-10)32-42(58)56-22-16-19-39(56)46(65-11)36(7)47(59)52-38(50(62)63)31-37-17-14-13-15-18-37)55(9)49(61)43(33(2)3)53-48(60)44(34(4)5)54(8)41(57)20-23-66-25-27-68-29-30-69-28-26-67-24-21-51/h13-15,17-18,33-36,38-40,43-46H,12,16,19-32,51H2,1-11H3,(H,52,59)(H,53,60)(H,62,63)/t35-,36?,38?,39+,40+,43+,44+,45?,46+/m1/s1. The molecule has 1 fully saturated rings. The van der Waals surface area contributed by atoms with Crippen LogP contribution in [0.5, 0.6) is 0 Å². The molecule has 1 aliphatic rings. The topological polar surface area (TPSA) is 238 Å². The van der Waals surface area contributed by atoms with Gasteiger partial charge >= 0.3 is 5.97 Å². The number of ether oxygens (including phenoxy) is 6. The predicted octanol–water partition coefficient (Wildman–Crippen LogP) is 2.76. The van der Waals surface area contributed by atoms with Crippen LogP contribution in [-0.2, 0) is 63.6 Å². The van der Waals surface area contributed by atoms with E-state index in [0.717, 1.165) is 5.56 Å². The van der Waals surface area contributed by atoms with E-state index >= 15 is 0 Å². The van der Waals surface area contributed by atoms with E-state index in [0.29, 0.717) is 72.0 Å². The number of nitrogens with zero attached hydrogens (tertiary/aromatic N) is 3. The molecule has 0 saturated carbocycles. The Kier molecular flexibility index (Phi) is 28.8. The van der Waals surface area contributed by atoms with Gasteiger partial charge in [0.05, 0.1) is 95.9 Å². The van der Waals surface area contributed by atoms with Crippen molar-refractivity contribution in [1.29, 1.82) is 0 Å². The van der Waals surface area contributed by atoms with Gasteiger partial charge in [-0.25, -0.2) is 4.79 Å². The number of carboxylic acid groups (broad SMARTS) is 1. The summed E-state index contributed by atoms with van der Waals surface area (Å²) in [6, 6.07) is 5.01. The molecule has 0 spiro atoms. The Balaban J connectivity index is 2.11. The summed E-state index contributed by atoms with van der Waals surface area (Å²) in [6.07, 6.45) is 0.499. The quantitative estimate of drug-likeness (QED) is 0.0717. The van der Waals surface area contributed by atoms with Gasteiger partial charge in [0.2, 0.25) is 29.5 Å². The minimum Gasteiger partial charge on any atom is -0.480 e. The van der Waals surface area contributed by atoms with Crippen LogP contribution in [0.1, 0.15) is 86.1 Å². The van der Waals surface area contributed by atoms with Crippen LogP contribution in [0.4, 0.5) is 0 Å². The lowest BCUT2D eigenvalue weighted by Gasteiger charge is -2.41. The van der Waals surface area contributed by atoms with Gasteiger partial charge in [-0.3, -0.25) is 24.0 Å². The highest BCUT2D eigenvalue weighted by atomic mass is 16.6. The number of carbonyl (C=O) groups excluding carboxylic acids is 5. The minimum atomic E-state index is -1.16. The van der Waals surface area contributed by atoms with Crippen molar-refractivity contribution in [1.82, 2.24) is 25.3 Å². The summed E-state index contributed by atoms with van der Waals surface area (Å²) in [7, 11) is 6.22. The van der Waals surface area contributed by atoms with Gasteiger partial charge in [0.25, 0.3) is 0 Å². The first kappa shape index (κ1) is 60.9. The third-order valence-electron chi connectivity index (χ3n) is 12.9. The largest absolute Gasteiger partial charge is 0.480 e. The molecule has 1 heterocycles. The number of likely N-dealkylation sites (tertiary alicyclic amines) is 1. The molecule has 0 aliphatic carbocycles. The zero-order valence-electron chi connectivity index (χ0n) is 43.3. The van der Waals surface area contributed by atoms with E-state index in [2.05, 4.69) is 10.6 Å². The monoisotopic (exact) mass is 979 g/mol. The molecule has 2 rings (SSSR count). The zero-order chi connectivity index (χ0) is 51.6. The first-order chi connectivity index (χ1) is 32.9. The number of carboxylic acids is 1. The Labute approximate surface area is 411 Å². The lowest BCUT2D eigenvalue weighted by Crippen LogP contribution is -2.60. The number of carbonyl (C=O) groups is 6. The van der Waals surface area contributed by atoms with Crippen molar-refractivity contribution in [3.8, 4) is 0 Å². The number of nitrogens with two attached hydrogens (primary N) is 1. The summed E-state index contributed by atoms with van der Waals surface area (Å²) in [6.45, 7) is 16.9. The van der Waals surface area contributed by atoms with E-state index < -0.39 is 66.1 Å². The number of methoxy groups -OCH3 is 2. The van der Waals surface area contributed by atoms with Crippen LogP contribution in [0, 0.1) is 23.7 Å². The van der Waals surface area contributed by atoms with Crippen molar-refractivity contribution in [2.45, 2.75) is 129 Å². The van der Waals surface area contributed by atoms with E-state index in [1.165, 1.54) is 19.1 Å². The summed E-state index contributed by atoms with van der Waals surface area (Å²) in [4.78, 5) is 86.8. The Bertz CT molecular complexity index is 1690. The maximum Gasteiger partial charge on any atom is 0.326 e. The average Bonchev–Trinajstić information content (AvgIpc) is 3.81. The van der Waals surface area contributed by atoms with E-state index in [1.807, 2.05) is 47.6 Å². The van der Waals surface area contributed by atoms with Crippen molar-refractivity contribution in [2.24, 2.45) is 29.4 Å². The van der Waals surface area contributed by atoms with Crippen LogP contribution in [0.25, 0.3) is 0 Å². The van der Waals surface area contributed by atoms with Crippen molar-refractivity contribution in [3.63, 3.8) is 0 Å². The van der Waals surface area contributed by atoms with E-state index in [4.69, 9.17) is 34.2 Å². The molecule has 0 bridgehead atoms. The van der Waals surface area contributed by atoms with E-state index in [1.54, 1.807) is 55.1 Å². The van der Waals surface area contributed by atoms with Crippen LogP contribution in [0.2, 0.25) is 0 Å². The van der Waals surface area contributed by atoms with Gasteiger partial charge in [-0.05, 0) is 36.2 Å². The maximum absolute atomic E-state index is 14.6. The number of nitrogens with one attached hydrogen (secondary N) is 2. The van der Waals surface area contributed by atoms with Crippen LogP contribution in [0.15, 0.2) is 30.3 Å². The molecular formula is C50H86N6O13. The van der Waals surface area contributed by atoms with Crippen molar-refractivity contribution >= 4 is 35.5 Å². The molecule has 1 aliphatic heterocycles. The fourth-order valence-electron chi connectivity index (χ4n) is 8.89. The summed E-state index contributed by atoms with van der Waals surface area (Å²) in [5, 5.41) is 15.6. The van der Waals surface area contributed by atoms with Gasteiger partial charge in [-0.2, -0.15) is 0 Å². The smallest absolute Gasteiger partial charge is 0.326 e. The lowest BCUT2D eigenvalue weighted by atomic mass is 9.89. The molecule has 0 aromatic heterocycles. The molecule has 3 unspecified atom stereocenters. The average molecular weight is 979 g/mol. The second-order valence-corrected chi connectivity index (χ2v) is 18.6.